The molecule has 1 amide bonds. The van der Waals surface area contributed by atoms with Crippen LogP contribution in [0.3, 0.4) is 0 Å². The highest BCUT2D eigenvalue weighted by molar-refractivity contribution is 6.04. The highest BCUT2D eigenvalue weighted by atomic mass is 16.7. The average Bonchev–Trinajstić information content (AvgIpc) is 2.95. The maximum atomic E-state index is 14.2. The second-order valence-electron chi connectivity index (χ2n) is 15.3. The van der Waals surface area contributed by atoms with Gasteiger partial charge in [-0.1, -0.05) is 20.8 Å². The maximum Gasteiger partial charge on any atom is 0.319 e. The molecular weight excluding hydrogens is 592 g/mol. The smallest absolute Gasteiger partial charge is 0.319 e. The van der Waals surface area contributed by atoms with Crippen molar-refractivity contribution < 1.29 is 38.4 Å². The number of ketones is 1. The third kappa shape index (κ3) is 8.67. The summed E-state index contributed by atoms with van der Waals surface area (Å²) >= 11 is 0. The molecule has 9 atom stereocenters. The summed E-state index contributed by atoms with van der Waals surface area (Å²) in [4.78, 5) is 48.6. The first-order valence-corrected chi connectivity index (χ1v) is 16.9. The molecule has 0 aromatic heterocycles. The highest BCUT2D eigenvalue weighted by Crippen LogP contribution is 2.39. The monoisotopic (exact) mass is 654 g/mol. The van der Waals surface area contributed by atoms with E-state index >= 15 is 0 Å². The van der Waals surface area contributed by atoms with E-state index in [0.29, 0.717) is 39.0 Å². The Morgan fingerprint density at radius 2 is 1.70 bits per heavy atom. The molecule has 46 heavy (non-hydrogen) atoms. The van der Waals surface area contributed by atoms with Crippen LogP contribution in [0, 0.1) is 23.2 Å². The van der Waals surface area contributed by atoms with Gasteiger partial charge in [-0.15, -0.1) is 0 Å². The van der Waals surface area contributed by atoms with Gasteiger partial charge >= 0.3 is 5.97 Å². The Labute approximate surface area is 277 Å². The van der Waals surface area contributed by atoms with Crippen LogP contribution in [0.15, 0.2) is 0 Å². The van der Waals surface area contributed by atoms with Crippen LogP contribution in [0.2, 0.25) is 0 Å². The number of nitrogens with zero attached hydrogens (tertiary/aromatic N) is 4. The summed E-state index contributed by atoms with van der Waals surface area (Å²) in [6.07, 6.45) is -1.74. The molecule has 1 unspecified atom stereocenters. The van der Waals surface area contributed by atoms with Crippen LogP contribution in [-0.2, 0) is 33.3 Å². The van der Waals surface area contributed by atoms with Crippen molar-refractivity contribution in [2.24, 2.45) is 23.2 Å². The first-order valence-electron chi connectivity index (χ1n) is 16.9. The van der Waals surface area contributed by atoms with E-state index < -0.39 is 41.4 Å². The van der Waals surface area contributed by atoms with Crippen LogP contribution in [-0.4, -0.2) is 159 Å². The number of rotatable bonds is 8. The first kappa shape index (κ1) is 38.8. The maximum absolute atomic E-state index is 14.2. The molecule has 0 aromatic rings. The SMILES string of the molecule is CCN1C[C@H](C)C[C@@](C)(OC)[C@H](O[C@@H]2O[C@H](C)C[C@H](N(C)C)[C@H]2O)[C@@H](C)C(=O)C(C)(C)C(=O)OCC1C1CN(C(=O)CN(C)C)C1. The molecule has 12 nitrogen and oxygen atoms in total. The zero-order valence-corrected chi connectivity index (χ0v) is 30.4. The van der Waals surface area contributed by atoms with Gasteiger partial charge in [-0.25, -0.2) is 0 Å². The van der Waals surface area contributed by atoms with E-state index in [2.05, 4.69) is 18.7 Å². The largest absolute Gasteiger partial charge is 0.463 e. The predicted octanol–water partition coefficient (Wildman–Crippen LogP) is 1.73. The summed E-state index contributed by atoms with van der Waals surface area (Å²) in [7, 11) is 9.21. The lowest BCUT2D eigenvalue weighted by molar-refractivity contribution is -0.295. The number of aliphatic hydroxyl groups is 1. The number of hydrogen-bond acceptors (Lipinski definition) is 11. The van der Waals surface area contributed by atoms with E-state index in [1.165, 1.54) is 0 Å². The molecule has 0 bridgehead atoms. The number of methoxy groups -OCH3 is 1. The topological polar surface area (TPSA) is 121 Å². The van der Waals surface area contributed by atoms with Crippen LogP contribution < -0.4 is 0 Å². The number of amides is 1. The molecular formula is C34H62N4O8. The number of carbonyl (C=O) groups is 3. The van der Waals surface area contributed by atoms with Gasteiger partial charge in [0.25, 0.3) is 0 Å². The molecule has 3 heterocycles. The van der Waals surface area contributed by atoms with Crippen molar-refractivity contribution in [1.82, 2.24) is 19.6 Å². The number of carbonyl (C=O) groups excluding carboxylic acids is 3. The lowest BCUT2D eigenvalue weighted by Crippen LogP contribution is -2.61. The number of Topliss-reactive ketones (excluding diaryl/α,β-unsaturated/α-hetero) is 1. The van der Waals surface area contributed by atoms with Crippen molar-refractivity contribution in [3.05, 3.63) is 0 Å². The van der Waals surface area contributed by atoms with Crippen LogP contribution in [0.25, 0.3) is 0 Å². The van der Waals surface area contributed by atoms with E-state index in [0.717, 1.165) is 6.54 Å². The summed E-state index contributed by atoms with van der Waals surface area (Å²) in [5.74, 6) is -1.38. The molecule has 266 valence electrons. The fraction of sp³-hybridized carbons (Fsp3) is 0.912. The van der Waals surface area contributed by atoms with Gasteiger partial charge in [-0.05, 0) is 81.2 Å². The number of hydrogen-bond donors (Lipinski definition) is 1. The molecule has 3 rings (SSSR count). The standard InChI is InChI=1S/C34H62N4O8/c1-13-37-16-21(2)15-34(7,43-12)30(46-31-28(40)25(36(10)11)14-22(3)45-31)23(4)29(41)33(5,6)32(42)44-20-26(37)24-17-38(18-24)27(39)19-35(8)9/h21-26,28,30-31,40H,13-20H2,1-12H3/t21-,22-,23+,25+,26?,28-,30-,31+,34-/m1/s1. The van der Waals surface area contributed by atoms with Crippen molar-refractivity contribution in [2.75, 3.05) is 74.6 Å². The third-order valence-electron chi connectivity index (χ3n) is 10.4. The number of aliphatic hydroxyl groups excluding tert-OH is 1. The van der Waals surface area contributed by atoms with Gasteiger partial charge in [0, 0.05) is 44.6 Å². The molecule has 3 aliphatic heterocycles. The van der Waals surface area contributed by atoms with Crippen molar-refractivity contribution in [3.63, 3.8) is 0 Å². The molecule has 3 fully saturated rings. The highest BCUT2D eigenvalue weighted by Gasteiger charge is 2.52. The lowest BCUT2D eigenvalue weighted by Gasteiger charge is -2.48. The van der Waals surface area contributed by atoms with E-state index in [1.54, 1.807) is 27.9 Å². The van der Waals surface area contributed by atoms with Gasteiger partial charge in [-0.3, -0.25) is 19.3 Å². The van der Waals surface area contributed by atoms with E-state index in [4.69, 9.17) is 18.9 Å². The van der Waals surface area contributed by atoms with Crippen molar-refractivity contribution in [1.29, 1.82) is 0 Å². The Morgan fingerprint density at radius 3 is 2.24 bits per heavy atom. The quantitative estimate of drug-likeness (QED) is 0.304. The Morgan fingerprint density at radius 1 is 1.07 bits per heavy atom. The number of likely N-dealkylation sites (N-methyl/N-ethyl adjacent to an activating group) is 3. The fourth-order valence-electron chi connectivity index (χ4n) is 7.58. The minimum absolute atomic E-state index is 0.0836. The first-order chi connectivity index (χ1) is 21.4. The minimum atomic E-state index is -1.46. The Kier molecular flexibility index (Phi) is 13.2. The van der Waals surface area contributed by atoms with Crippen LogP contribution >= 0.6 is 0 Å². The molecule has 0 aromatic carbocycles. The second-order valence-corrected chi connectivity index (χ2v) is 15.3. The summed E-state index contributed by atoms with van der Waals surface area (Å²) < 4.78 is 25.0. The van der Waals surface area contributed by atoms with Gasteiger partial charge in [0.15, 0.2) is 12.1 Å². The minimum Gasteiger partial charge on any atom is -0.463 e. The molecule has 1 N–H and O–H groups in total. The molecule has 3 saturated heterocycles. The van der Waals surface area contributed by atoms with Crippen LogP contribution in [0.5, 0.6) is 0 Å². The third-order valence-corrected chi connectivity index (χ3v) is 10.4. The van der Waals surface area contributed by atoms with Gasteiger partial charge in [0.05, 0.1) is 30.4 Å². The summed E-state index contributed by atoms with van der Waals surface area (Å²) in [6.45, 7) is 16.2. The van der Waals surface area contributed by atoms with Gasteiger partial charge < -0.3 is 38.8 Å². The Hall–Kier alpha value is -1.67. The molecule has 0 aliphatic carbocycles. The van der Waals surface area contributed by atoms with Crippen molar-refractivity contribution in [3.8, 4) is 0 Å². The zero-order valence-electron chi connectivity index (χ0n) is 30.4. The summed E-state index contributed by atoms with van der Waals surface area (Å²) in [5.41, 5.74) is -2.42. The van der Waals surface area contributed by atoms with Crippen LogP contribution in [0.1, 0.15) is 61.3 Å². The predicted molar refractivity (Wildman–Crippen MR) is 175 cm³/mol. The van der Waals surface area contributed by atoms with Crippen molar-refractivity contribution >= 4 is 17.7 Å². The van der Waals surface area contributed by atoms with Crippen LogP contribution in [0.4, 0.5) is 0 Å². The van der Waals surface area contributed by atoms with Gasteiger partial charge in [-0.2, -0.15) is 0 Å². The van der Waals surface area contributed by atoms with Gasteiger partial charge in [0.1, 0.15) is 18.1 Å². The molecule has 12 heteroatoms. The van der Waals surface area contributed by atoms with Crippen molar-refractivity contribution in [2.45, 2.75) is 104 Å². The fourth-order valence-corrected chi connectivity index (χ4v) is 7.58. The normalized spacial score (nSPS) is 37.3. The zero-order chi connectivity index (χ0) is 34.7. The van der Waals surface area contributed by atoms with E-state index in [1.807, 2.05) is 56.7 Å². The van der Waals surface area contributed by atoms with Gasteiger partial charge in [0.2, 0.25) is 5.91 Å². The second kappa shape index (κ2) is 15.7. The number of ether oxygens (including phenoxy) is 4. The molecule has 0 spiro atoms. The number of likely N-dealkylation sites (tertiary alicyclic amines) is 1. The molecule has 0 saturated carbocycles. The summed E-state index contributed by atoms with van der Waals surface area (Å²) in [6, 6.07) is -0.302. The van der Waals surface area contributed by atoms with E-state index in [9.17, 15) is 19.5 Å². The Balaban J connectivity index is 1.96. The molecule has 0 radical (unpaired) electrons. The molecule has 3 aliphatic rings. The number of cyclic esters (lactones) is 1. The Bertz CT molecular complexity index is 1050. The summed E-state index contributed by atoms with van der Waals surface area (Å²) in [5, 5.41) is 11.3. The average molecular weight is 655 g/mol. The van der Waals surface area contributed by atoms with E-state index in [-0.39, 0.29) is 48.3 Å². The number of esters is 1. The lowest BCUT2D eigenvalue weighted by atomic mass is 9.74.